The summed E-state index contributed by atoms with van der Waals surface area (Å²) in [5.74, 6) is -0.331. The van der Waals surface area contributed by atoms with Crippen LogP contribution in [-0.4, -0.2) is 34.8 Å². The van der Waals surface area contributed by atoms with Crippen molar-refractivity contribution in [3.8, 4) is 5.75 Å². The summed E-state index contributed by atoms with van der Waals surface area (Å²) in [6, 6.07) is 6.93. The maximum Gasteiger partial charge on any atom is 0.290 e. The number of rotatable bonds is 9. The number of nitrogens with zero attached hydrogens (tertiary/aromatic N) is 1. The molecule has 0 bridgehead atoms. The molecule has 2 rings (SSSR count). The molecule has 0 aliphatic carbocycles. The third kappa shape index (κ3) is 4.75. The summed E-state index contributed by atoms with van der Waals surface area (Å²) in [6.07, 6.45) is 4.04. The highest BCUT2D eigenvalue weighted by Crippen LogP contribution is 2.41. The van der Waals surface area contributed by atoms with Crippen molar-refractivity contribution < 1.29 is 19.4 Å². The number of hydrogen-bond acceptors (Lipinski definition) is 4. The molecule has 0 radical (unpaired) electrons. The standard InChI is InChI=1S/C23H33NO4/c1-6-8-9-15-28-17-12-10-16(11-13-17)19-18(21(26)23(3,4)5)20(25)22(27)24(19)14-7-2/h10-13,19,25H,6-9,14-15H2,1-5H3. The number of aliphatic hydroxyl groups excluding tert-OH is 1. The van der Waals surface area contributed by atoms with Crippen molar-refractivity contribution in [1.29, 1.82) is 0 Å². The third-order valence-electron chi connectivity index (χ3n) is 4.91. The third-order valence-corrected chi connectivity index (χ3v) is 4.91. The molecule has 1 aromatic rings. The Morgan fingerprint density at radius 1 is 1.11 bits per heavy atom. The second kappa shape index (κ2) is 9.26. The van der Waals surface area contributed by atoms with Crippen molar-refractivity contribution in [3.63, 3.8) is 0 Å². The smallest absolute Gasteiger partial charge is 0.290 e. The van der Waals surface area contributed by atoms with Crippen molar-refractivity contribution in [1.82, 2.24) is 4.90 Å². The lowest BCUT2D eigenvalue weighted by molar-refractivity contribution is -0.129. The summed E-state index contributed by atoms with van der Waals surface area (Å²) in [5, 5.41) is 10.5. The van der Waals surface area contributed by atoms with Crippen LogP contribution in [0.5, 0.6) is 5.75 Å². The summed E-state index contributed by atoms with van der Waals surface area (Å²) in [7, 11) is 0. The molecule has 0 saturated carbocycles. The number of aliphatic hydroxyl groups is 1. The second-order valence-corrected chi connectivity index (χ2v) is 8.37. The fourth-order valence-corrected chi connectivity index (χ4v) is 3.40. The van der Waals surface area contributed by atoms with Crippen LogP contribution in [0.25, 0.3) is 0 Å². The first kappa shape index (κ1) is 22.0. The number of Topliss-reactive ketones (excluding diaryl/α,β-unsaturated/α-hetero) is 1. The Morgan fingerprint density at radius 2 is 1.75 bits per heavy atom. The van der Waals surface area contributed by atoms with Gasteiger partial charge in [-0.05, 0) is 30.5 Å². The van der Waals surface area contributed by atoms with E-state index in [2.05, 4.69) is 6.92 Å². The molecule has 1 atom stereocenters. The number of ketones is 1. The number of benzene rings is 1. The van der Waals surface area contributed by atoms with Crippen molar-refractivity contribution in [2.45, 2.75) is 66.3 Å². The zero-order valence-electron chi connectivity index (χ0n) is 17.7. The van der Waals surface area contributed by atoms with Crippen molar-refractivity contribution >= 4 is 11.7 Å². The number of carbonyl (C=O) groups is 2. The van der Waals surface area contributed by atoms with E-state index in [1.54, 1.807) is 25.7 Å². The van der Waals surface area contributed by atoms with E-state index in [0.29, 0.717) is 13.2 Å². The van der Waals surface area contributed by atoms with Crippen LogP contribution in [0.2, 0.25) is 0 Å². The van der Waals surface area contributed by atoms with Gasteiger partial charge in [-0.25, -0.2) is 0 Å². The van der Waals surface area contributed by atoms with Gasteiger partial charge in [0.15, 0.2) is 11.5 Å². The van der Waals surface area contributed by atoms with Gasteiger partial charge >= 0.3 is 0 Å². The minimum absolute atomic E-state index is 0.197. The van der Waals surface area contributed by atoms with Crippen LogP contribution in [0.3, 0.4) is 0 Å². The van der Waals surface area contributed by atoms with E-state index < -0.39 is 23.1 Å². The maximum absolute atomic E-state index is 13.0. The molecule has 1 aromatic carbocycles. The fourth-order valence-electron chi connectivity index (χ4n) is 3.40. The number of amides is 1. The van der Waals surface area contributed by atoms with Gasteiger partial charge in [-0.1, -0.05) is 59.6 Å². The van der Waals surface area contributed by atoms with Gasteiger partial charge in [0.2, 0.25) is 0 Å². The van der Waals surface area contributed by atoms with Crippen LogP contribution in [-0.2, 0) is 9.59 Å². The number of hydrogen-bond donors (Lipinski definition) is 1. The van der Waals surface area contributed by atoms with E-state index >= 15 is 0 Å². The van der Waals surface area contributed by atoms with Gasteiger partial charge in [-0.3, -0.25) is 9.59 Å². The highest BCUT2D eigenvalue weighted by Gasteiger charge is 2.45. The van der Waals surface area contributed by atoms with E-state index in [4.69, 9.17) is 4.74 Å². The van der Waals surface area contributed by atoms with Crippen LogP contribution in [0.1, 0.15) is 71.9 Å². The van der Waals surface area contributed by atoms with Gasteiger partial charge in [-0.15, -0.1) is 0 Å². The monoisotopic (exact) mass is 387 g/mol. The van der Waals surface area contributed by atoms with E-state index in [0.717, 1.165) is 37.0 Å². The number of ether oxygens (including phenoxy) is 1. The molecule has 1 aliphatic rings. The molecule has 5 nitrogen and oxygen atoms in total. The fraction of sp³-hybridized carbons (Fsp3) is 0.565. The summed E-state index contributed by atoms with van der Waals surface area (Å²) in [4.78, 5) is 27.2. The molecule has 1 amide bonds. The molecule has 0 saturated heterocycles. The second-order valence-electron chi connectivity index (χ2n) is 8.37. The Balaban J connectivity index is 2.32. The Bertz CT molecular complexity index is 728. The molecule has 5 heteroatoms. The first-order valence-electron chi connectivity index (χ1n) is 10.2. The van der Waals surface area contributed by atoms with Crippen LogP contribution in [0.4, 0.5) is 0 Å². The first-order chi connectivity index (χ1) is 13.2. The summed E-state index contributed by atoms with van der Waals surface area (Å²) < 4.78 is 5.76. The predicted octanol–water partition coefficient (Wildman–Crippen LogP) is 4.98. The maximum atomic E-state index is 13.0. The molecule has 1 N–H and O–H groups in total. The summed E-state index contributed by atoms with van der Waals surface area (Å²) in [6.45, 7) is 10.7. The van der Waals surface area contributed by atoms with Crippen LogP contribution >= 0.6 is 0 Å². The lowest BCUT2D eigenvalue weighted by Gasteiger charge is -2.28. The lowest BCUT2D eigenvalue weighted by Crippen LogP contribution is -2.33. The van der Waals surface area contributed by atoms with Crippen molar-refractivity contribution in [2.24, 2.45) is 5.41 Å². The molecule has 154 valence electrons. The van der Waals surface area contributed by atoms with Crippen LogP contribution < -0.4 is 4.74 Å². The molecular formula is C23H33NO4. The lowest BCUT2D eigenvalue weighted by atomic mass is 9.82. The van der Waals surface area contributed by atoms with Gasteiger partial charge in [0.05, 0.1) is 18.2 Å². The Morgan fingerprint density at radius 3 is 2.29 bits per heavy atom. The predicted molar refractivity (Wildman–Crippen MR) is 110 cm³/mol. The quantitative estimate of drug-likeness (QED) is 0.607. The van der Waals surface area contributed by atoms with Gasteiger partial charge < -0.3 is 14.7 Å². The van der Waals surface area contributed by atoms with Gasteiger partial charge in [-0.2, -0.15) is 0 Å². The minimum Gasteiger partial charge on any atom is -0.503 e. The minimum atomic E-state index is -0.688. The topological polar surface area (TPSA) is 66.8 Å². The Labute approximate surface area is 168 Å². The van der Waals surface area contributed by atoms with E-state index in [1.807, 2.05) is 31.2 Å². The molecule has 0 aromatic heterocycles. The van der Waals surface area contributed by atoms with Gasteiger partial charge in [0, 0.05) is 12.0 Å². The highest BCUT2D eigenvalue weighted by atomic mass is 16.5. The van der Waals surface area contributed by atoms with Crippen LogP contribution in [0.15, 0.2) is 35.6 Å². The van der Waals surface area contributed by atoms with Gasteiger partial charge in [0.1, 0.15) is 5.75 Å². The zero-order valence-corrected chi connectivity index (χ0v) is 17.7. The van der Waals surface area contributed by atoms with Crippen molar-refractivity contribution in [2.75, 3.05) is 13.2 Å². The normalized spacial score (nSPS) is 17.4. The van der Waals surface area contributed by atoms with Crippen LogP contribution in [0, 0.1) is 5.41 Å². The molecule has 1 unspecified atom stereocenters. The van der Waals surface area contributed by atoms with E-state index in [-0.39, 0.29) is 11.4 Å². The SMILES string of the molecule is CCCCCOc1ccc(C2C(C(=O)C(C)(C)C)=C(O)C(=O)N2CCC)cc1. The molecule has 0 spiro atoms. The summed E-state index contributed by atoms with van der Waals surface area (Å²) >= 11 is 0. The Kier molecular flexibility index (Phi) is 7.28. The summed E-state index contributed by atoms with van der Waals surface area (Å²) in [5.41, 5.74) is 0.314. The number of unbranched alkanes of at least 4 members (excludes halogenated alkanes) is 2. The molecule has 28 heavy (non-hydrogen) atoms. The molecular weight excluding hydrogens is 354 g/mol. The van der Waals surface area contributed by atoms with Crippen molar-refractivity contribution in [3.05, 3.63) is 41.2 Å². The number of carbonyl (C=O) groups excluding carboxylic acids is 2. The largest absolute Gasteiger partial charge is 0.503 e. The average molecular weight is 388 g/mol. The molecule has 0 fully saturated rings. The molecule has 1 heterocycles. The van der Waals surface area contributed by atoms with E-state index in [9.17, 15) is 14.7 Å². The molecule has 1 aliphatic heterocycles. The average Bonchev–Trinajstić information content (AvgIpc) is 2.89. The Hall–Kier alpha value is -2.30. The zero-order chi connectivity index (χ0) is 20.9. The first-order valence-corrected chi connectivity index (χ1v) is 10.2. The van der Waals surface area contributed by atoms with E-state index in [1.165, 1.54) is 0 Å². The highest BCUT2D eigenvalue weighted by molar-refractivity contribution is 6.10. The van der Waals surface area contributed by atoms with Gasteiger partial charge in [0.25, 0.3) is 5.91 Å².